The first kappa shape index (κ1) is 21.0. The second-order valence-corrected chi connectivity index (χ2v) is 9.27. The molecule has 0 aromatic heterocycles. The number of nitrogens with one attached hydrogen (secondary N) is 2. The van der Waals surface area contributed by atoms with E-state index < -0.39 is 15.9 Å². The van der Waals surface area contributed by atoms with E-state index in [1.807, 2.05) is 35.2 Å². The van der Waals surface area contributed by atoms with Gasteiger partial charge in [0.05, 0.1) is 11.5 Å². The van der Waals surface area contributed by atoms with Crippen LogP contribution >= 0.6 is 0 Å². The molecule has 0 saturated carbocycles. The van der Waals surface area contributed by atoms with E-state index in [4.69, 9.17) is 0 Å². The summed E-state index contributed by atoms with van der Waals surface area (Å²) in [6, 6.07) is 15.7. The maximum Gasteiger partial charge on any atom is 0.246 e. The van der Waals surface area contributed by atoms with Crippen LogP contribution in [-0.2, 0) is 19.4 Å². The molecule has 2 aromatic carbocycles. The number of hydrogen-bond acceptors (Lipinski definition) is 5. The lowest BCUT2D eigenvalue weighted by Gasteiger charge is -2.33. The van der Waals surface area contributed by atoms with E-state index in [1.165, 1.54) is 0 Å². The fourth-order valence-electron chi connectivity index (χ4n) is 3.24. The van der Waals surface area contributed by atoms with Crippen LogP contribution in [0.15, 0.2) is 54.6 Å². The summed E-state index contributed by atoms with van der Waals surface area (Å²) in [6.45, 7) is 2.41. The summed E-state index contributed by atoms with van der Waals surface area (Å²) in [7, 11) is -3.04. The number of hydrogen-bond donors (Lipinski definition) is 2. The van der Waals surface area contributed by atoms with Crippen molar-refractivity contribution in [1.29, 1.82) is 0 Å². The summed E-state index contributed by atoms with van der Waals surface area (Å²) in [5, 5.41) is 5.67. The van der Waals surface area contributed by atoms with Gasteiger partial charge in [-0.15, -0.1) is 0 Å². The minimum atomic E-state index is -3.04. The highest BCUT2D eigenvalue weighted by Gasteiger charge is 2.32. The van der Waals surface area contributed by atoms with Gasteiger partial charge in [-0.25, -0.2) is 8.42 Å². The molecule has 154 valence electrons. The Morgan fingerprint density at radius 1 is 0.931 bits per heavy atom. The fourth-order valence-corrected chi connectivity index (χ4v) is 4.47. The van der Waals surface area contributed by atoms with Gasteiger partial charge in [-0.1, -0.05) is 37.3 Å². The first-order valence-electron chi connectivity index (χ1n) is 9.58. The highest BCUT2D eigenvalue weighted by molar-refractivity contribution is 7.91. The van der Waals surface area contributed by atoms with Crippen LogP contribution in [0, 0.1) is 0 Å². The van der Waals surface area contributed by atoms with Crippen molar-refractivity contribution in [2.75, 3.05) is 35.2 Å². The largest absolute Gasteiger partial charge is 0.326 e. The van der Waals surface area contributed by atoms with E-state index in [2.05, 4.69) is 10.6 Å². The van der Waals surface area contributed by atoms with Gasteiger partial charge in [0.25, 0.3) is 0 Å². The zero-order valence-electron chi connectivity index (χ0n) is 16.3. The standard InChI is InChI=1S/C21H25N3O4S/c1-2-19(25)22-17-8-10-18(11-9-17)23-21(26)20(16-6-4-3-5-7-16)24-12-14-29(27,28)15-13-24/h3-11,20H,2,12-15H2,1H3,(H,22,25)(H,23,26). The molecule has 2 amide bonds. The van der Waals surface area contributed by atoms with Crippen molar-refractivity contribution < 1.29 is 18.0 Å². The second kappa shape index (κ2) is 9.19. The van der Waals surface area contributed by atoms with Crippen LogP contribution in [-0.4, -0.2) is 49.7 Å². The Bertz CT molecular complexity index is 945. The first-order chi connectivity index (χ1) is 13.9. The number of nitrogens with zero attached hydrogens (tertiary/aromatic N) is 1. The lowest BCUT2D eigenvalue weighted by atomic mass is 10.0. The average Bonchev–Trinajstić information content (AvgIpc) is 2.71. The van der Waals surface area contributed by atoms with E-state index in [1.54, 1.807) is 31.2 Å². The maximum atomic E-state index is 13.1. The molecule has 3 rings (SSSR count). The predicted octanol–water partition coefficient (Wildman–Crippen LogP) is 2.45. The smallest absolute Gasteiger partial charge is 0.246 e. The zero-order valence-corrected chi connectivity index (χ0v) is 17.1. The van der Waals surface area contributed by atoms with Crippen molar-refractivity contribution in [2.45, 2.75) is 19.4 Å². The zero-order chi connectivity index (χ0) is 20.9. The maximum absolute atomic E-state index is 13.1. The summed E-state index contributed by atoms with van der Waals surface area (Å²) in [4.78, 5) is 26.5. The van der Waals surface area contributed by atoms with Gasteiger partial charge < -0.3 is 10.6 Å². The third-order valence-electron chi connectivity index (χ3n) is 4.87. The lowest BCUT2D eigenvalue weighted by molar-refractivity contribution is -0.121. The van der Waals surface area contributed by atoms with Crippen molar-refractivity contribution >= 4 is 33.0 Å². The molecule has 7 nitrogen and oxygen atoms in total. The normalized spacial score (nSPS) is 17.3. The minimum Gasteiger partial charge on any atom is -0.326 e. The molecule has 29 heavy (non-hydrogen) atoms. The van der Waals surface area contributed by atoms with Crippen molar-refractivity contribution in [3.05, 3.63) is 60.2 Å². The Hall–Kier alpha value is -2.71. The summed E-state index contributed by atoms with van der Waals surface area (Å²) in [5.74, 6) is -0.197. The molecule has 1 aliphatic rings. The van der Waals surface area contributed by atoms with E-state index in [0.29, 0.717) is 30.9 Å². The minimum absolute atomic E-state index is 0.0510. The van der Waals surface area contributed by atoms with E-state index >= 15 is 0 Å². The van der Waals surface area contributed by atoms with Crippen LogP contribution in [0.2, 0.25) is 0 Å². The Morgan fingerprint density at radius 2 is 1.48 bits per heavy atom. The summed E-state index contributed by atoms with van der Waals surface area (Å²) in [6.07, 6.45) is 0.392. The Morgan fingerprint density at radius 3 is 2.03 bits per heavy atom. The molecule has 0 bridgehead atoms. The van der Waals surface area contributed by atoms with Crippen LogP contribution in [0.25, 0.3) is 0 Å². The molecule has 1 heterocycles. The molecule has 1 saturated heterocycles. The molecule has 8 heteroatoms. The monoisotopic (exact) mass is 415 g/mol. The van der Waals surface area contributed by atoms with Gasteiger partial charge in [0.15, 0.2) is 9.84 Å². The molecule has 2 N–H and O–H groups in total. The molecule has 1 aliphatic heterocycles. The number of benzene rings is 2. The molecule has 0 radical (unpaired) electrons. The van der Waals surface area contributed by atoms with Crippen LogP contribution in [0.1, 0.15) is 24.9 Å². The van der Waals surface area contributed by atoms with E-state index in [9.17, 15) is 18.0 Å². The van der Waals surface area contributed by atoms with E-state index in [-0.39, 0.29) is 23.3 Å². The lowest BCUT2D eigenvalue weighted by Crippen LogP contribution is -2.46. The van der Waals surface area contributed by atoms with Crippen molar-refractivity contribution in [1.82, 2.24) is 4.90 Å². The van der Waals surface area contributed by atoms with Crippen LogP contribution in [0.4, 0.5) is 11.4 Å². The number of sulfone groups is 1. The van der Waals surface area contributed by atoms with Crippen molar-refractivity contribution in [3.8, 4) is 0 Å². The molecule has 1 unspecified atom stereocenters. The Labute approximate surface area is 171 Å². The van der Waals surface area contributed by atoms with Crippen molar-refractivity contribution in [2.24, 2.45) is 0 Å². The van der Waals surface area contributed by atoms with Crippen LogP contribution < -0.4 is 10.6 Å². The third-order valence-corrected chi connectivity index (χ3v) is 6.47. The summed E-state index contributed by atoms with van der Waals surface area (Å²) < 4.78 is 23.6. The average molecular weight is 416 g/mol. The second-order valence-electron chi connectivity index (χ2n) is 6.97. The van der Waals surface area contributed by atoms with Gasteiger partial charge in [0.2, 0.25) is 11.8 Å². The number of amides is 2. The molecule has 1 atom stereocenters. The molecule has 1 fully saturated rings. The molecular weight excluding hydrogens is 390 g/mol. The van der Waals surface area contributed by atoms with Crippen LogP contribution in [0.5, 0.6) is 0 Å². The third kappa shape index (κ3) is 5.65. The number of carbonyl (C=O) groups excluding carboxylic acids is 2. The SMILES string of the molecule is CCC(=O)Nc1ccc(NC(=O)C(c2ccccc2)N2CCS(=O)(=O)CC2)cc1. The quantitative estimate of drug-likeness (QED) is 0.756. The first-order valence-corrected chi connectivity index (χ1v) is 11.4. The summed E-state index contributed by atoms with van der Waals surface area (Å²) in [5.41, 5.74) is 2.09. The molecular formula is C21H25N3O4S. The number of rotatable bonds is 6. The Kier molecular flexibility index (Phi) is 6.66. The van der Waals surface area contributed by atoms with Crippen LogP contribution in [0.3, 0.4) is 0 Å². The molecule has 0 spiro atoms. The molecule has 2 aromatic rings. The fraction of sp³-hybridized carbons (Fsp3) is 0.333. The summed E-state index contributed by atoms with van der Waals surface area (Å²) >= 11 is 0. The van der Waals surface area contributed by atoms with Gasteiger partial charge >= 0.3 is 0 Å². The van der Waals surface area contributed by atoms with E-state index in [0.717, 1.165) is 5.56 Å². The van der Waals surface area contributed by atoms with Gasteiger partial charge in [-0.3, -0.25) is 14.5 Å². The van der Waals surface area contributed by atoms with Crippen molar-refractivity contribution in [3.63, 3.8) is 0 Å². The molecule has 0 aliphatic carbocycles. The predicted molar refractivity (Wildman–Crippen MR) is 113 cm³/mol. The van der Waals surface area contributed by atoms with Gasteiger partial charge in [-0.05, 0) is 29.8 Å². The number of carbonyl (C=O) groups is 2. The number of anilines is 2. The van der Waals surface area contributed by atoms with Gasteiger partial charge in [0, 0.05) is 30.9 Å². The van der Waals surface area contributed by atoms with Gasteiger partial charge in [0.1, 0.15) is 6.04 Å². The highest BCUT2D eigenvalue weighted by atomic mass is 32.2. The topological polar surface area (TPSA) is 95.6 Å². The Balaban J connectivity index is 1.76. The van der Waals surface area contributed by atoms with Gasteiger partial charge in [-0.2, -0.15) is 0 Å². The highest BCUT2D eigenvalue weighted by Crippen LogP contribution is 2.25.